The third kappa shape index (κ3) is 2.77. The quantitative estimate of drug-likeness (QED) is 0.707. The van der Waals surface area contributed by atoms with Crippen molar-refractivity contribution in [1.29, 1.82) is 0 Å². The first-order valence-electron chi connectivity index (χ1n) is 3.55. The maximum absolute atomic E-state index is 5.65. The molecule has 0 aliphatic heterocycles. The van der Waals surface area contributed by atoms with Gasteiger partial charge in [-0.2, -0.15) is 0 Å². The standard InChI is InChI=1S/C8H10BrClS/c1-6(4-5-10)7-2-3-8(9)11-7/h2-3,6H,4-5H2,1H3. The van der Waals surface area contributed by atoms with E-state index in [1.807, 2.05) is 0 Å². The second-order valence-electron chi connectivity index (χ2n) is 2.52. The lowest BCUT2D eigenvalue weighted by Gasteiger charge is -2.04. The van der Waals surface area contributed by atoms with Crippen molar-refractivity contribution in [3.63, 3.8) is 0 Å². The Morgan fingerprint density at radius 1 is 1.64 bits per heavy atom. The molecule has 0 amide bonds. The van der Waals surface area contributed by atoms with Crippen LogP contribution in [-0.2, 0) is 0 Å². The first kappa shape index (κ1) is 9.56. The first-order chi connectivity index (χ1) is 5.24. The minimum Gasteiger partial charge on any atom is -0.133 e. The Labute approximate surface area is 84.7 Å². The van der Waals surface area contributed by atoms with Crippen LogP contribution >= 0.6 is 38.9 Å². The molecule has 11 heavy (non-hydrogen) atoms. The summed E-state index contributed by atoms with van der Waals surface area (Å²) in [6.45, 7) is 2.21. The molecule has 3 heteroatoms. The van der Waals surface area contributed by atoms with Gasteiger partial charge >= 0.3 is 0 Å². The zero-order chi connectivity index (χ0) is 8.27. The van der Waals surface area contributed by atoms with Gasteiger partial charge in [0, 0.05) is 10.8 Å². The molecule has 0 N–H and O–H groups in total. The van der Waals surface area contributed by atoms with E-state index in [9.17, 15) is 0 Å². The molecule has 1 heterocycles. The molecule has 0 spiro atoms. The number of hydrogen-bond donors (Lipinski definition) is 0. The van der Waals surface area contributed by atoms with Gasteiger partial charge in [-0.25, -0.2) is 0 Å². The van der Waals surface area contributed by atoms with Gasteiger partial charge in [-0.15, -0.1) is 22.9 Å². The van der Waals surface area contributed by atoms with Crippen LogP contribution in [-0.4, -0.2) is 5.88 Å². The Hall–Kier alpha value is 0.470. The normalized spacial score (nSPS) is 13.4. The van der Waals surface area contributed by atoms with Crippen LogP contribution in [0.5, 0.6) is 0 Å². The Morgan fingerprint density at radius 3 is 2.82 bits per heavy atom. The number of hydrogen-bond acceptors (Lipinski definition) is 1. The molecule has 0 bridgehead atoms. The van der Waals surface area contributed by atoms with E-state index in [0.717, 1.165) is 12.3 Å². The highest BCUT2D eigenvalue weighted by Crippen LogP contribution is 2.30. The molecule has 0 radical (unpaired) electrons. The van der Waals surface area contributed by atoms with E-state index in [0.29, 0.717) is 5.92 Å². The van der Waals surface area contributed by atoms with Crippen molar-refractivity contribution in [3.8, 4) is 0 Å². The summed E-state index contributed by atoms with van der Waals surface area (Å²) in [5.74, 6) is 1.35. The molecular formula is C8H10BrClS. The topological polar surface area (TPSA) is 0 Å². The highest BCUT2D eigenvalue weighted by Gasteiger charge is 2.06. The van der Waals surface area contributed by atoms with Crippen molar-refractivity contribution in [2.24, 2.45) is 0 Å². The highest BCUT2D eigenvalue weighted by atomic mass is 79.9. The van der Waals surface area contributed by atoms with Crippen molar-refractivity contribution in [3.05, 3.63) is 20.8 Å². The van der Waals surface area contributed by atoms with Crippen LogP contribution in [0.2, 0.25) is 0 Å². The number of halogens is 2. The van der Waals surface area contributed by atoms with Gasteiger partial charge in [0.1, 0.15) is 0 Å². The van der Waals surface area contributed by atoms with Crippen LogP contribution in [0.1, 0.15) is 24.1 Å². The van der Waals surface area contributed by atoms with Gasteiger partial charge in [-0.05, 0) is 40.4 Å². The lowest BCUT2D eigenvalue weighted by Crippen LogP contribution is -1.89. The van der Waals surface area contributed by atoms with E-state index < -0.39 is 0 Å². The van der Waals surface area contributed by atoms with Gasteiger partial charge in [0.05, 0.1) is 3.79 Å². The molecule has 0 saturated carbocycles. The van der Waals surface area contributed by atoms with Crippen LogP contribution in [0.4, 0.5) is 0 Å². The maximum Gasteiger partial charge on any atom is 0.0701 e. The van der Waals surface area contributed by atoms with Gasteiger partial charge < -0.3 is 0 Å². The summed E-state index contributed by atoms with van der Waals surface area (Å²) >= 11 is 10.9. The van der Waals surface area contributed by atoms with Gasteiger partial charge in [-0.3, -0.25) is 0 Å². The number of thiophene rings is 1. The largest absolute Gasteiger partial charge is 0.133 e. The van der Waals surface area contributed by atoms with Gasteiger partial charge in [0.25, 0.3) is 0 Å². The predicted molar refractivity (Wildman–Crippen MR) is 55.8 cm³/mol. The minimum atomic E-state index is 0.601. The smallest absolute Gasteiger partial charge is 0.0701 e. The zero-order valence-electron chi connectivity index (χ0n) is 6.31. The molecule has 0 fully saturated rings. The molecule has 1 unspecified atom stereocenters. The summed E-state index contributed by atoms with van der Waals surface area (Å²) in [5.41, 5.74) is 0. The highest BCUT2D eigenvalue weighted by molar-refractivity contribution is 9.11. The fraction of sp³-hybridized carbons (Fsp3) is 0.500. The van der Waals surface area contributed by atoms with E-state index in [2.05, 4.69) is 35.0 Å². The summed E-state index contributed by atoms with van der Waals surface area (Å²) in [4.78, 5) is 1.41. The molecule has 0 aliphatic carbocycles. The Bertz CT molecular complexity index is 222. The van der Waals surface area contributed by atoms with Crippen molar-refractivity contribution in [2.45, 2.75) is 19.3 Å². The fourth-order valence-corrected chi connectivity index (χ4v) is 2.74. The lowest BCUT2D eigenvalue weighted by molar-refractivity contribution is 0.753. The average Bonchev–Trinajstić information content (AvgIpc) is 2.36. The number of rotatable bonds is 3. The van der Waals surface area contributed by atoms with Crippen LogP contribution < -0.4 is 0 Å². The van der Waals surface area contributed by atoms with E-state index in [1.165, 1.54) is 8.66 Å². The first-order valence-corrected chi connectivity index (χ1v) is 5.69. The van der Waals surface area contributed by atoms with Crippen LogP contribution in [0.25, 0.3) is 0 Å². The third-order valence-electron chi connectivity index (χ3n) is 1.62. The second kappa shape index (κ2) is 4.48. The molecule has 62 valence electrons. The number of alkyl halides is 1. The second-order valence-corrected chi connectivity index (χ2v) is 5.39. The van der Waals surface area contributed by atoms with E-state index in [-0.39, 0.29) is 0 Å². The maximum atomic E-state index is 5.65. The zero-order valence-corrected chi connectivity index (χ0v) is 9.47. The monoisotopic (exact) mass is 252 g/mol. The molecule has 0 nitrogen and oxygen atoms in total. The molecule has 1 aromatic heterocycles. The van der Waals surface area contributed by atoms with Crippen molar-refractivity contribution in [1.82, 2.24) is 0 Å². The van der Waals surface area contributed by atoms with Gasteiger partial charge in [-0.1, -0.05) is 6.92 Å². The van der Waals surface area contributed by atoms with Crippen molar-refractivity contribution >= 4 is 38.9 Å². The lowest BCUT2D eigenvalue weighted by atomic mass is 10.1. The molecule has 1 aromatic rings. The van der Waals surface area contributed by atoms with Gasteiger partial charge in [0.15, 0.2) is 0 Å². The predicted octanol–water partition coefficient (Wildman–Crippen LogP) is 4.24. The average molecular weight is 254 g/mol. The Kier molecular flexibility index (Phi) is 3.90. The summed E-state index contributed by atoms with van der Waals surface area (Å²) in [6, 6.07) is 4.25. The fourth-order valence-electron chi connectivity index (χ4n) is 0.899. The van der Waals surface area contributed by atoms with E-state index in [4.69, 9.17) is 11.6 Å². The van der Waals surface area contributed by atoms with E-state index in [1.54, 1.807) is 11.3 Å². The molecule has 1 atom stereocenters. The molecule has 1 rings (SSSR count). The summed E-state index contributed by atoms with van der Waals surface area (Å²) in [5, 5.41) is 0. The molecule has 0 saturated heterocycles. The SMILES string of the molecule is CC(CCCl)c1ccc(Br)s1. The van der Waals surface area contributed by atoms with Gasteiger partial charge in [0.2, 0.25) is 0 Å². The minimum absolute atomic E-state index is 0.601. The van der Waals surface area contributed by atoms with Crippen LogP contribution in [0, 0.1) is 0 Å². The third-order valence-corrected chi connectivity index (χ3v) is 3.70. The summed E-state index contributed by atoms with van der Waals surface area (Å²) in [7, 11) is 0. The Balaban J connectivity index is 2.60. The molecule has 0 aliphatic rings. The summed E-state index contributed by atoms with van der Waals surface area (Å²) in [6.07, 6.45) is 1.06. The van der Waals surface area contributed by atoms with E-state index >= 15 is 0 Å². The Morgan fingerprint density at radius 2 is 2.36 bits per heavy atom. The van der Waals surface area contributed by atoms with Crippen LogP contribution in [0.3, 0.4) is 0 Å². The molecular weight excluding hydrogens is 244 g/mol. The van der Waals surface area contributed by atoms with Crippen molar-refractivity contribution < 1.29 is 0 Å². The van der Waals surface area contributed by atoms with Crippen LogP contribution in [0.15, 0.2) is 15.9 Å². The van der Waals surface area contributed by atoms with Crippen molar-refractivity contribution in [2.75, 3.05) is 5.88 Å². The summed E-state index contributed by atoms with van der Waals surface area (Å²) < 4.78 is 1.20. The molecule has 0 aromatic carbocycles.